The molecule has 0 aliphatic heterocycles. The van der Waals surface area contributed by atoms with Crippen molar-refractivity contribution >= 4 is 15.9 Å². The van der Waals surface area contributed by atoms with Crippen LogP contribution in [0.1, 0.15) is 25.1 Å². The fraction of sp³-hybridized carbons (Fsp3) is 0.333. The number of nitrogens with two attached hydrogens (primary N) is 1. The van der Waals surface area contributed by atoms with Crippen LogP contribution in [0, 0.1) is 0 Å². The van der Waals surface area contributed by atoms with Crippen LogP contribution < -0.4 is 10.5 Å². The lowest BCUT2D eigenvalue weighted by Crippen LogP contribution is -2.08. The van der Waals surface area contributed by atoms with Gasteiger partial charge in [0.2, 0.25) is 0 Å². The van der Waals surface area contributed by atoms with Crippen LogP contribution in [0.2, 0.25) is 0 Å². The zero-order valence-corrected chi connectivity index (χ0v) is 11.9. The maximum Gasteiger partial charge on any atom is 0.121 e. The van der Waals surface area contributed by atoms with Crippen LogP contribution in [0.15, 0.2) is 28.9 Å². The molecule has 18 heavy (non-hydrogen) atoms. The Labute approximate surface area is 114 Å². The summed E-state index contributed by atoms with van der Waals surface area (Å²) in [6.45, 7) is 2.02. The van der Waals surface area contributed by atoms with E-state index in [0.29, 0.717) is 0 Å². The zero-order chi connectivity index (χ0) is 13.1. The Morgan fingerprint density at radius 1 is 1.50 bits per heavy atom. The van der Waals surface area contributed by atoms with Gasteiger partial charge in [-0.1, -0.05) is 12.1 Å². The number of aromatic nitrogens is 3. The summed E-state index contributed by atoms with van der Waals surface area (Å²) in [4.78, 5) is 0. The van der Waals surface area contributed by atoms with E-state index >= 15 is 0 Å². The van der Waals surface area contributed by atoms with Gasteiger partial charge in [0.1, 0.15) is 5.75 Å². The van der Waals surface area contributed by atoms with Gasteiger partial charge < -0.3 is 10.5 Å². The molecule has 1 atom stereocenters. The number of halogens is 1. The first-order valence-corrected chi connectivity index (χ1v) is 6.46. The van der Waals surface area contributed by atoms with Crippen molar-refractivity contribution in [2.24, 2.45) is 5.73 Å². The van der Waals surface area contributed by atoms with Crippen LogP contribution in [0.5, 0.6) is 5.75 Å². The Bertz CT molecular complexity index is 541. The van der Waals surface area contributed by atoms with Crippen molar-refractivity contribution in [2.75, 3.05) is 7.11 Å². The number of benzene rings is 1. The predicted octanol–water partition coefficient (Wildman–Crippen LogP) is 2.45. The summed E-state index contributed by atoms with van der Waals surface area (Å²) in [5, 5.41) is 8.18. The molecule has 0 fully saturated rings. The number of ether oxygens (including phenoxy) is 1. The zero-order valence-electron chi connectivity index (χ0n) is 10.3. The Kier molecular flexibility index (Phi) is 3.98. The van der Waals surface area contributed by atoms with Crippen LogP contribution >= 0.6 is 15.9 Å². The summed E-state index contributed by atoms with van der Waals surface area (Å²) in [5.41, 5.74) is 7.58. The Balaban J connectivity index is 2.39. The van der Waals surface area contributed by atoms with Gasteiger partial charge in [-0.2, -0.15) is 0 Å². The van der Waals surface area contributed by atoms with Gasteiger partial charge in [0.05, 0.1) is 30.7 Å². The van der Waals surface area contributed by atoms with E-state index in [1.807, 2.05) is 31.3 Å². The molecule has 0 aliphatic rings. The highest BCUT2D eigenvalue weighted by atomic mass is 79.9. The second-order valence-electron chi connectivity index (χ2n) is 3.92. The quantitative estimate of drug-likeness (QED) is 0.942. The van der Waals surface area contributed by atoms with Crippen LogP contribution in [0.25, 0.3) is 5.69 Å². The molecule has 96 valence electrons. The van der Waals surface area contributed by atoms with E-state index in [1.165, 1.54) is 0 Å². The molecule has 0 saturated heterocycles. The molecule has 0 radical (unpaired) electrons. The first-order valence-electron chi connectivity index (χ1n) is 5.67. The summed E-state index contributed by atoms with van der Waals surface area (Å²) in [6, 6.07) is 5.60. The minimum absolute atomic E-state index is 0.0804. The van der Waals surface area contributed by atoms with E-state index in [2.05, 4.69) is 26.2 Å². The Morgan fingerprint density at radius 3 is 2.94 bits per heavy atom. The van der Waals surface area contributed by atoms with Gasteiger partial charge in [0.25, 0.3) is 0 Å². The van der Waals surface area contributed by atoms with Crippen molar-refractivity contribution in [3.63, 3.8) is 0 Å². The highest BCUT2D eigenvalue weighted by Gasteiger charge is 2.11. The smallest absolute Gasteiger partial charge is 0.121 e. The fourth-order valence-corrected chi connectivity index (χ4v) is 2.00. The topological polar surface area (TPSA) is 66.0 Å². The van der Waals surface area contributed by atoms with E-state index in [1.54, 1.807) is 11.8 Å². The average Bonchev–Trinajstić information content (AvgIpc) is 2.88. The van der Waals surface area contributed by atoms with Crippen molar-refractivity contribution in [1.29, 1.82) is 0 Å². The van der Waals surface area contributed by atoms with Gasteiger partial charge in [0, 0.05) is 10.5 Å². The van der Waals surface area contributed by atoms with Crippen LogP contribution in [-0.4, -0.2) is 22.1 Å². The third-order valence-corrected chi connectivity index (χ3v) is 3.40. The number of rotatable bonds is 4. The third kappa shape index (κ3) is 2.54. The lowest BCUT2D eigenvalue weighted by Gasteiger charge is -2.06. The maximum absolute atomic E-state index is 5.93. The van der Waals surface area contributed by atoms with E-state index in [4.69, 9.17) is 10.5 Å². The molecule has 2 N–H and O–H groups in total. The molecule has 0 spiro atoms. The summed E-state index contributed by atoms with van der Waals surface area (Å²) >= 11 is 3.48. The van der Waals surface area contributed by atoms with Gasteiger partial charge in [-0.25, -0.2) is 4.68 Å². The number of hydrogen-bond donors (Lipinski definition) is 1. The minimum atomic E-state index is -0.0804. The van der Waals surface area contributed by atoms with Gasteiger partial charge >= 0.3 is 0 Å². The van der Waals surface area contributed by atoms with Crippen molar-refractivity contribution in [2.45, 2.75) is 19.4 Å². The summed E-state index contributed by atoms with van der Waals surface area (Å²) in [7, 11) is 1.63. The van der Waals surface area contributed by atoms with E-state index in [0.717, 1.165) is 28.0 Å². The molecule has 0 saturated carbocycles. The van der Waals surface area contributed by atoms with Crippen LogP contribution in [0.3, 0.4) is 0 Å². The maximum atomic E-state index is 5.93. The molecule has 0 aliphatic carbocycles. The Morgan fingerprint density at radius 2 is 2.28 bits per heavy atom. The first-order chi connectivity index (χ1) is 8.65. The lowest BCUT2D eigenvalue weighted by atomic mass is 10.2. The molecule has 0 bridgehead atoms. The minimum Gasteiger partial charge on any atom is -0.497 e. The summed E-state index contributed by atoms with van der Waals surface area (Å²) < 4.78 is 7.81. The summed E-state index contributed by atoms with van der Waals surface area (Å²) in [5.74, 6) is 0.769. The molecular formula is C12H15BrN4O. The first kappa shape index (κ1) is 13.0. The van der Waals surface area contributed by atoms with Gasteiger partial charge in [-0.15, -0.1) is 5.10 Å². The largest absolute Gasteiger partial charge is 0.497 e. The molecule has 6 heteroatoms. The van der Waals surface area contributed by atoms with Gasteiger partial charge in [0.15, 0.2) is 0 Å². The van der Waals surface area contributed by atoms with Crippen molar-refractivity contribution < 1.29 is 4.74 Å². The summed E-state index contributed by atoms with van der Waals surface area (Å²) in [6.07, 6.45) is 2.67. The standard InChI is InChI=1S/C12H15BrN4O/c1-3-10(14)11-7-17(16-15-11)12-6-8(18-2)4-5-9(12)13/h4-7,10H,3,14H2,1-2H3. The third-order valence-electron chi connectivity index (χ3n) is 2.73. The molecule has 2 aromatic rings. The molecule has 5 nitrogen and oxygen atoms in total. The Hall–Kier alpha value is -1.40. The number of nitrogens with zero attached hydrogens (tertiary/aromatic N) is 3. The molecule has 1 heterocycles. The molecule has 0 amide bonds. The van der Waals surface area contributed by atoms with Crippen molar-refractivity contribution in [3.05, 3.63) is 34.6 Å². The monoisotopic (exact) mass is 310 g/mol. The number of hydrogen-bond acceptors (Lipinski definition) is 4. The normalized spacial score (nSPS) is 12.4. The second-order valence-corrected chi connectivity index (χ2v) is 4.77. The highest BCUT2D eigenvalue weighted by molar-refractivity contribution is 9.10. The molecule has 1 unspecified atom stereocenters. The van der Waals surface area contributed by atoms with Crippen LogP contribution in [0.4, 0.5) is 0 Å². The number of methoxy groups -OCH3 is 1. The van der Waals surface area contributed by atoms with E-state index < -0.39 is 0 Å². The van der Waals surface area contributed by atoms with Gasteiger partial charge in [-0.05, 0) is 34.5 Å². The molecule has 1 aromatic heterocycles. The van der Waals surface area contributed by atoms with E-state index in [-0.39, 0.29) is 6.04 Å². The molecule has 2 rings (SSSR count). The average molecular weight is 311 g/mol. The molecule has 1 aromatic carbocycles. The highest BCUT2D eigenvalue weighted by Crippen LogP contribution is 2.25. The predicted molar refractivity (Wildman–Crippen MR) is 72.8 cm³/mol. The van der Waals surface area contributed by atoms with Gasteiger partial charge in [-0.3, -0.25) is 0 Å². The fourth-order valence-electron chi connectivity index (χ4n) is 1.57. The second kappa shape index (κ2) is 5.49. The molecular weight excluding hydrogens is 296 g/mol. The van der Waals surface area contributed by atoms with Crippen molar-refractivity contribution in [3.8, 4) is 11.4 Å². The lowest BCUT2D eigenvalue weighted by molar-refractivity contribution is 0.414. The van der Waals surface area contributed by atoms with E-state index in [9.17, 15) is 0 Å². The van der Waals surface area contributed by atoms with Crippen molar-refractivity contribution in [1.82, 2.24) is 15.0 Å². The van der Waals surface area contributed by atoms with Crippen LogP contribution in [-0.2, 0) is 0 Å². The SMILES string of the molecule is CCC(N)c1cn(-c2cc(OC)ccc2Br)nn1.